The van der Waals surface area contributed by atoms with Gasteiger partial charge in [-0.1, -0.05) is 13.8 Å². The maximum Gasteiger partial charge on any atom is 0.137 e. The van der Waals surface area contributed by atoms with Crippen molar-refractivity contribution in [2.24, 2.45) is 0 Å². The highest BCUT2D eigenvalue weighted by atomic mass is 79.9. The Bertz CT molecular complexity index is 409. The Kier molecular flexibility index (Phi) is 4.62. The smallest absolute Gasteiger partial charge is 0.137 e. The van der Waals surface area contributed by atoms with E-state index in [0.29, 0.717) is 16.6 Å². The SMILES string of the molecule is CC(C)NC1CCCN(c2ccc(F)c(Br)c2)C1. The van der Waals surface area contributed by atoms with Crippen molar-refractivity contribution in [3.63, 3.8) is 0 Å². The zero-order valence-corrected chi connectivity index (χ0v) is 12.5. The van der Waals surface area contributed by atoms with Crippen LogP contribution < -0.4 is 10.2 Å². The summed E-state index contributed by atoms with van der Waals surface area (Å²) in [5.74, 6) is -0.201. The summed E-state index contributed by atoms with van der Waals surface area (Å²) in [6.45, 7) is 6.39. The highest BCUT2D eigenvalue weighted by Gasteiger charge is 2.20. The van der Waals surface area contributed by atoms with Gasteiger partial charge in [0.25, 0.3) is 0 Å². The summed E-state index contributed by atoms with van der Waals surface area (Å²) in [5, 5.41) is 3.58. The average Bonchev–Trinajstić information content (AvgIpc) is 2.32. The van der Waals surface area contributed by atoms with E-state index >= 15 is 0 Å². The van der Waals surface area contributed by atoms with E-state index in [1.54, 1.807) is 0 Å². The third-order valence-electron chi connectivity index (χ3n) is 3.26. The van der Waals surface area contributed by atoms with Crippen molar-refractivity contribution in [1.82, 2.24) is 5.32 Å². The van der Waals surface area contributed by atoms with Gasteiger partial charge >= 0.3 is 0 Å². The zero-order valence-electron chi connectivity index (χ0n) is 10.9. The highest BCUT2D eigenvalue weighted by molar-refractivity contribution is 9.10. The van der Waals surface area contributed by atoms with E-state index in [1.807, 2.05) is 12.1 Å². The van der Waals surface area contributed by atoms with Gasteiger partial charge in [-0.15, -0.1) is 0 Å². The molecule has 1 unspecified atom stereocenters. The van der Waals surface area contributed by atoms with Gasteiger partial charge in [-0.2, -0.15) is 0 Å². The maximum absolute atomic E-state index is 13.2. The Hall–Kier alpha value is -0.610. The molecule has 1 heterocycles. The Morgan fingerprint density at radius 3 is 2.89 bits per heavy atom. The van der Waals surface area contributed by atoms with E-state index in [-0.39, 0.29) is 5.82 Å². The van der Waals surface area contributed by atoms with E-state index in [4.69, 9.17) is 0 Å². The van der Waals surface area contributed by atoms with Crippen molar-refractivity contribution < 1.29 is 4.39 Å². The molecule has 1 saturated heterocycles. The van der Waals surface area contributed by atoms with Gasteiger partial charge in [-0.3, -0.25) is 0 Å². The van der Waals surface area contributed by atoms with E-state index < -0.39 is 0 Å². The van der Waals surface area contributed by atoms with Crippen LogP contribution in [0.1, 0.15) is 26.7 Å². The minimum atomic E-state index is -0.201. The largest absolute Gasteiger partial charge is 0.370 e. The lowest BCUT2D eigenvalue weighted by atomic mass is 10.0. The number of nitrogens with one attached hydrogen (secondary N) is 1. The summed E-state index contributed by atoms with van der Waals surface area (Å²) in [6, 6.07) is 6.29. The van der Waals surface area contributed by atoms with E-state index in [9.17, 15) is 4.39 Å². The Morgan fingerprint density at radius 1 is 1.44 bits per heavy atom. The molecule has 1 aliphatic heterocycles. The fourth-order valence-corrected chi connectivity index (χ4v) is 2.87. The minimum absolute atomic E-state index is 0.201. The summed E-state index contributed by atoms with van der Waals surface area (Å²) in [7, 11) is 0. The highest BCUT2D eigenvalue weighted by Crippen LogP contribution is 2.25. The Labute approximate surface area is 117 Å². The molecule has 4 heteroatoms. The molecule has 1 fully saturated rings. The lowest BCUT2D eigenvalue weighted by Gasteiger charge is -2.36. The Morgan fingerprint density at radius 2 is 2.22 bits per heavy atom. The molecule has 1 aromatic rings. The first kappa shape index (κ1) is 13.8. The number of rotatable bonds is 3. The van der Waals surface area contributed by atoms with E-state index in [0.717, 1.165) is 18.8 Å². The molecule has 0 spiro atoms. The predicted octanol–water partition coefficient (Wildman–Crippen LogP) is 3.56. The summed E-state index contributed by atoms with van der Waals surface area (Å²) in [4.78, 5) is 2.33. The molecule has 1 aromatic carbocycles. The molecule has 2 nitrogen and oxygen atoms in total. The van der Waals surface area contributed by atoms with Crippen LogP contribution in [0.3, 0.4) is 0 Å². The van der Waals surface area contributed by atoms with Gasteiger partial charge in [0, 0.05) is 30.9 Å². The van der Waals surface area contributed by atoms with Gasteiger partial charge in [-0.25, -0.2) is 4.39 Å². The normalized spacial score (nSPS) is 20.5. The number of hydrogen-bond donors (Lipinski definition) is 1. The first-order valence-electron chi connectivity index (χ1n) is 6.52. The van der Waals surface area contributed by atoms with Crippen LogP contribution >= 0.6 is 15.9 Å². The van der Waals surface area contributed by atoms with Crippen LogP contribution in [0.2, 0.25) is 0 Å². The van der Waals surface area contributed by atoms with Gasteiger partial charge in [0.1, 0.15) is 5.82 Å². The molecule has 1 aliphatic rings. The molecule has 18 heavy (non-hydrogen) atoms. The molecule has 100 valence electrons. The summed E-state index contributed by atoms with van der Waals surface area (Å²) >= 11 is 3.25. The monoisotopic (exact) mass is 314 g/mol. The third-order valence-corrected chi connectivity index (χ3v) is 3.87. The lowest BCUT2D eigenvalue weighted by Crippen LogP contribution is -2.47. The Balaban J connectivity index is 2.05. The average molecular weight is 315 g/mol. The van der Waals surface area contributed by atoms with Crippen LogP contribution in [0.4, 0.5) is 10.1 Å². The van der Waals surface area contributed by atoms with Gasteiger partial charge in [0.05, 0.1) is 4.47 Å². The number of hydrogen-bond acceptors (Lipinski definition) is 2. The molecule has 0 aliphatic carbocycles. The van der Waals surface area contributed by atoms with Gasteiger partial charge in [0.2, 0.25) is 0 Å². The number of anilines is 1. The van der Waals surface area contributed by atoms with Crippen molar-refractivity contribution in [3.05, 3.63) is 28.5 Å². The predicted molar refractivity (Wildman–Crippen MR) is 77.6 cm³/mol. The van der Waals surface area contributed by atoms with Crippen molar-refractivity contribution in [1.29, 1.82) is 0 Å². The number of nitrogens with zero attached hydrogens (tertiary/aromatic N) is 1. The fraction of sp³-hybridized carbons (Fsp3) is 0.571. The molecule has 0 aromatic heterocycles. The summed E-state index contributed by atoms with van der Waals surface area (Å²) in [6.07, 6.45) is 2.40. The zero-order chi connectivity index (χ0) is 13.1. The fourth-order valence-electron chi connectivity index (χ4n) is 2.50. The molecular formula is C14H20BrFN2. The van der Waals surface area contributed by atoms with Crippen LogP contribution in [-0.4, -0.2) is 25.2 Å². The topological polar surface area (TPSA) is 15.3 Å². The van der Waals surface area contributed by atoms with Gasteiger partial charge < -0.3 is 10.2 Å². The van der Waals surface area contributed by atoms with Crippen molar-refractivity contribution in [2.75, 3.05) is 18.0 Å². The van der Waals surface area contributed by atoms with Crippen LogP contribution in [0.25, 0.3) is 0 Å². The third kappa shape index (κ3) is 3.45. The number of benzene rings is 1. The standard InChI is InChI=1S/C14H20BrFN2/c1-10(2)17-11-4-3-7-18(9-11)12-5-6-14(16)13(15)8-12/h5-6,8,10-11,17H,3-4,7,9H2,1-2H3. The van der Waals surface area contributed by atoms with Crippen LogP contribution in [0.15, 0.2) is 22.7 Å². The van der Waals surface area contributed by atoms with Crippen molar-refractivity contribution in [3.8, 4) is 0 Å². The molecule has 0 bridgehead atoms. The molecule has 2 rings (SSSR count). The van der Waals surface area contributed by atoms with Gasteiger partial charge in [-0.05, 0) is 47.0 Å². The van der Waals surface area contributed by atoms with Crippen LogP contribution in [0, 0.1) is 5.82 Å². The second-order valence-corrected chi connectivity index (χ2v) is 6.06. The second kappa shape index (κ2) is 6.02. The van der Waals surface area contributed by atoms with Crippen LogP contribution in [-0.2, 0) is 0 Å². The minimum Gasteiger partial charge on any atom is -0.370 e. The molecule has 0 saturated carbocycles. The van der Waals surface area contributed by atoms with E-state index in [1.165, 1.54) is 18.9 Å². The summed E-state index contributed by atoms with van der Waals surface area (Å²) in [5.41, 5.74) is 1.10. The first-order valence-corrected chi connectivity index (χ1v) is 7.31. The molecule has 1 atom stereocenters. The van der Waals surface area contributed by atoms with E-state index in [2.05, 4.69) is 40.0 Å². The summed E-state index contributed by atoms with van der Waals surface area (Å²) < 4.78 is 13.8. The van der Waals surface area contributed by atoms with Gasteiger partial charge in [0.15, 0.2) is 0 Å². The molecule has 1 N–H and O–H groups in total. The number of halogens is 2. The second-order valence-electron chi connectivity index (χ2n) is 5.20. The number of piperidine rings is 1. The molecule has 0 amide bonds. The lowest BCUT2D eigenvalue weighted by molar-refractivity contribution is 0.394. The maximum atomic E-state index is 13.2. The van der Waals surface area contributed by atoms with Crippen molar-refractivity contribution in [2.45, 2.75) is 38.8 Å². The van der Waals surface area contributed by atoms with Crippen LogP contribution in [0.5, 0.6) is 0 Å². The molecular weight excluding hydrogens is 295 g/mol. The first-order chi connectivity index (χ1) is 8.56. The quantitative estimate of drug-likeness (QED) is 0.917. The molecule has 0 radical (unpaired) electrons. The van der Waals surface area contributed by atoms with Crippen molar-refractivity contribution >= 4 is 21.6 Å².